The molecule has 2 aromatic carbocycles. The van der Waals surface area contributed by atoms with Crippen LogP contribution in [0.2, 0.25) is 0 Å². The van der Waals surface area contributed by atoms with E-state index in [0.29, 0.717) is 21.9 Å². The fourth-order valence-corrected chi connectivity index (χ4v) is 4.24. The monoisotopic (exact) mass is 510 g/mol. The van der Waals surface area contributed by atoms with E-state index >= 15 is 0 Å². The highest BCUT2D eigenvalue weighted by atomic mass is 32.2. The molecule has 0 radical (unpaired) electrons. The Bertz CT molecular complexity index is 1370. The third-order valence-corrected chi connectivity index (χ3v) is 5.91. The molecule has 1 amide bonds. The van der Waals surface area contributed by atoms with Crippen molar-refractivity contribution in [2.75, 3.05) is 5.32 Å². The Kier molecular flexibility index (Phi) is 6.75. The first-order valence-corrected chi connectivity index (χ1v) is 11.1. The Morgan fingerprint density at radius 3 is 2.31 bits per heavy atom. The van der Waals surface area contributed by atoms with Crippen LogP contribution in [0.4, 0.5) is 32.0 Å². The molecule has 0 fully saturated rings. The van der Waals surface area contributed by atoms with E-state index in [1.165, 1.54) is 29.0 Å². The van der Waals surface area contributed by atoms with Gasteiger partial charge in [-0.15, -0.1) is 0 Å². The van der Waals surface area contributed by atoms with E-state index in [2.05, 4.69) is 15.3 Å². The van der Waals surface area contributed by atoms with E-state index in [1.807, 2.05) is 0 Å². The molecule has 0 saturated heterocycles. The van der Waals surface area contributed by atoms with Gasteiger partial charge >= 0.3 is 12.4 Å². The summed E-state index contributed by atoms with van der Waals surface area (Å²) in [7, 11) is 0. The number of anilines is 1. The second-order valence-corrected chi connectivity index (χ2v) is 8.38. The molecule has 4 rings (SSSR count). The van der Waals surface area contributed by atoms with Crippen molar-refractivity contribution in [1.29, 1.82) is 0 Å². The number of alkyl halides is 6. The Balaban J connectivity index is 1.55. The molecule has 0 spiro atoms. The second kappa shape index (κ2) is 9.61. The molecule has 0 aliphatic rings. The first kappa shape index (κ1) is 24.6. The highest BCUT2D eigenvalue weighted by molar-refractivity contribution is 7.98. The number of thioether (sulfide) groups is 1. The number of carbonyl (C=O) groups is 1. The number of carbonyl (C=O) groups excluding carboxylic acids is 1. The summed E-state index contributed by atoms with van der Waals surface area (Å²) < 4.78 is 79.4. The van der Waals surface area contributed by atoms with Gasteiger partial charge in [0.15, 0.2) is 10.8 Å². The van der Waals surface area contributed by atoms with Crippen LogP contribution in [0.1, 0.15) is 16.7 Å². The normalized spacial score (nSPS) is 12.2. The number of rotatable bonds is 6. The number of halogens is 6. The van der Waals surface area contributed by atoms with E-state index < -0.39 is 29.4 Å². The van der Waals surface area contributed by atoms with E-state index in [0.717, 1.165) is 36.0 Å². The van der Waals surface area contributed by atoms with Gasteiger partial charge in [0.2, 0.25) is 5.91 Å². The summed E-state index contributed by atoms with van der Waals surface area (Å²) in [5.74, 6) is -0.474. The molecule has 2 heterocycles. The number of pyridine rings is 1. The molecule has 0 atom stereocenters. The SMILES string of the molecule is O=C(Cn1c(SCc2cccc(C(F)(F)F)c2)nc2cccnc21)Nc1cccc(C(F)(F)F)c1. The van der Waals surface area contributed by atoms with E-state index in [9.17, 15) is 31.1 Å². The smallest absolute Gasteiger partial charge is 0.325 e. The predicted octanol–water partition coefficient (Wildman–Crippen LogP) is 6.40. The maximum Gasteiger partial charge on any atom is 0.416 e. The zero-order chi connectivity index (χ0) is 25.2. The van der Waals surface area contributed by atoms with Crippen LogP contribution in [-0.2, 0) is 29.4 Å². The number of nitrogens with zero attached hydrogens (tertiary/aromatic N) is 3. The van der Waals surface area contributed by atoms with Gasteiger partial charge in [0.25, 0.3) is 0 Å². The van der Waals surface area contributed by atoms with Crippen molar-refractivity contribution in [2.24, 2.45) is 0 Å². The van der Waals surface area contributed by atoms with Gasteiger partial charge in [-0.05, 0) is 42.0 Å². The van der Waals surface area contributed by atoms with Crippen LogP contribution in [0.25, 0.3) is 11.2 Å². The molecular formula is C23H16F6N4OS. The van der Waals surface area contributed by atoms with Crippen molar-refractivity contribution in [3.05, 3.63) is 83.6 Å². The van der Waals surface area contributed by atoms with Gasteiger partial charge < -0.3 is 5.32 Å². The average Bonchev–Trinajstić information content (AvgIpc) is 3.14. The van der Waals surface area contributed by atoms with Crippen LogP contribution < -0.4 is 5.32 Å². The molecule has 5 nitrogen and oxygen atoms in total. The van der Waals surface area contributed by atoms with E-state index in [4.69, 9.17) is 0 Å². The summed E-state index contributed by atoms with van der Waals surface area (Å²) in [6.45, 7) is -0.311. The van der Waals surface area contributed by atoms with Crippen LogP contribution in [0.3, 0.4) is 0 Å². The largest absolute Gasteiger partial charge is 0.416 e. The van der Waals surface area contributed by atoms with Gasteiger partial charge in [0, 0.05) is 17.6 Å². The Labute approximate surface area is 199 Å². The van der Waals surface area contributed by atoms with E-state index in [-0.39, 0.29) is 18.0 Å². The van der Waals surface area contributed by atoms with E-state index in [1.54, 1.807) is 18.2 Å². The number of benzene rings is 2. The first-order valence-electron chi connectivity index (χ1n) is 10.1. The van der Waals surface area contributed by atoms with Crippen molar-refractivity contribution < 1.29 is 31.1 Å². The van der Waals surface area contributed by atoms with Gasteiger partial charge in [-0.2, -0.15) is 26.3 Å². The number of nitrogens with one attached hydrogen (secondary N) is 1. The molecular weight excluding hydrogens is 494 g/mol. The quantitative estimate of drug-likeness (QED) is 0.241. The third-order valence-electron chi connectivity index (χ3n) is 4.87. The van der Waals surface area contributed by atoms with Gasteiger partial charge in [0.1, 0.15) is 12.1 Å². The molecule has 0 aliphatic carbocycles. The molecule has 12 heteroatoms. The van der Waals surface area contributed by atoms with Gasteiger partial charge in [-0.3, -0.25) is 9.36 Å². The van der Waals surface area contributed by atoms with Crippen LogP contribution in [0, 0.1) is 0 Å². The fourth-order valence-electron chi connectivity index (χ4n) is 3.29. The summed E-state index contributed by atoms with van der Waals surface area (Å²) in [6, 6.07) is 12.4. The second-order valence-electron chi connectivity index (χ2n) is 7.44. The molecule has 0 bridgehead atoms. The molecule has 182 valence electrons. The number of fused-ring (bicyclic) bond motifs is 1. The topological polar surface area (TPSA) is 59.8 Å². The minimum atomic E-state index is -4.56. The maximum absolute atomic E-state index is 13.0. The zero-order valence-electron chi connectivity index (χ0n) is 17.7. The molecule has 1 N–H and O–H groups in total. The molecule has 4 aromatic rings. The average molecular weight is 510 g/mol. The highest BCUT2D eigenvalue weighted by Gasteiger charge is 2.31. The molecule has 0 saturated carbocycles. The summed E-state index contributed by atoms with van der Waals surface area (Å²) in [4.78, 5) is 21.3. The number of amides is 1. The molecule has 0 aliphatic heterocycles. The van der Waals surface area contributed by atoms with Crippen molar-refractivity contribution in [1.82, 2.24) is 14.5 Å². The van der Waals surface area contributed by atoms with Crippen molar-refractivity contribution in [2.45, 2.75) is 29.8 Å². The minimum absolute atomic E-state index is 0.0274. The molecule has 2 aromatic heterocycles. The first-order chi connectivity index (χ1) is 16.5. The van der Waals surface area contributed by atoms with Crippen LogP contribution in [-0.4, -0.2) is 20.4 Å². The van der Waals surface area contributed by atoms with Gasteiger partial charge in [0.05, 0.1) is 11.1 Å². The number of imidazole rings is 1. The van der Waals surface area contributed by atoms with Gasteiger partial charge in [-0.25, -0.2) is 9.97 Å². The highest BCUT2D eigenvalue weighted by Crippen LogP contribution is 2.32. The summed E-state index contributed by atoms with van der Waals surface area (Å²) in [5.41, 5.74) is -0.469. The Morgan fingerprint density at radius 2 is 1.60 bits per heavy atom. The molecule has 0 unspecified atom stereocenters. The lowest BCUT2D eigenvalue weighted by atomic mass is 10.1. The van der Waals surface area contributed by atoms with Crippen molar-refractivity contribution in [3.63, 3.8) is 0 Å². The van der Waals surface area contributed by atoms with Crippen molar-refractivity contribution in [3.8, 4) is 0 Å². The number of aromatic nitrogens is 3. The Morgan fingerprint density at radius 1 is 0.914 bits per heavy atom. The predicted molar refractivity (Wildman–Crippen MR) is 119 cm³/mol. The fraction of sp³-hybridized carbons (Fsp3) is 0.174. The standard InChI is InChI=1S/C23H16F6N4OS/c24-22(25,26)15-5-1-4-14(10-15)13-35-21-32-18-8-3-9-30-20(18)33(21)12-19(34)31-17-7-2-6-16(11-17)23(27,28)29/h1-11H,12-13H2,(H,31,34). The third kappa shape index (κ3) is 5.94. The van der Waals surface area contributed by atoms with Gasteiger partial charge in [-0.1, -0.05) is 36.0 Å². The minimum Gasteiger partial charge on any atom is -0.325 e. The maximum atomic E-state index is 13.0. The number of hydrogen-bond acceptors (Lipinski definition) is 4. The summed E-state index contributed by atoms with van der Waals surface area (Å²) in [6.07, 6.45) is -7.54. The number of hydrogen-bond donors (Lipinski definition) is 1. The summed E-state index contributed by atoms with van der Waals surface area (Å²) in [5, 5.41) is 2.76. The summed E-state index contributed by atoms with van der Waals surface area (Å²) >= 11 is 1.12. The van der Waals surface area contributed by atoms with Crippen LogP contribution in [0.15, 0.2) is 72.0 Å². The zero-order valence-corrected chi connectivity index (χ0v) is 18.5. The lowest BCUT2D eigenvalue weighted by Crippen LogP contribution is -2.20. The molecule has 35 heavy (non-hydrogen) atoms. The lowest BCUT2D eigenvalue weighted by Gasteiger charge is -2.12. The van der Waals surface area contributed by atoms with Crippen LogP contribution >= 0.6 is 11.8 Å². The van der Waals surface area contributed by atoms with Crippen molar-refractivity contribution >= 4 is 34.5 Å². The lowest BCUT2D eigenvalue weighted by molar-refractivity contribution is -0.138. The Hall–Kier alpha value is -3.54. The van der Waals surface area contributed by atoms with Crippen LogP contribution in [0.5, 0.6) is 0 Å².